The molecule has 0 bridgehead atoms. The highest BCUT2D eigenvalue weighted by Gasteiger charge is 2.06. The Hall–Kier alpha value is -2.49. The number of rotatable bonds is 12. The number of hydrogen-bond acceptors (Lipinski definition) is 4. The van der Waals surface area contributed by atoms with Crippen molar-refractivity contribution in [2.45, 2.75) is 33.2 Å². The number of benzene rings is 2. The summed E-state index contributed by atoms with van der Waals surface area (Å²) in [5.41, 5.74) is 2.25. The molecule has 0 fully saturated rings. The van der Waals surface area contributed by atoms with Crippen LogP contribution in [0.4, 0.5) is 0 Å². The Labute approximate surface area is 208 Å². The number of carbonyl (C=O) groups excluding carboxylic acids is 1. The maximum absolute atomic E-state index is 12.1. The molecule has 0 unspecified atom stereocenters. The summed E-state index contributed by atoms with van der Waals surface area (Å²) >= 11 is 0. The minimum Gasteiger partial charge on any atom is -0.493 e. The van der Waals surface area contributed by atoms with Crippen molar-refractivity contribution in [1.82, 2.24) is 16.0 Å². The second-order valence-corrected chi connectivity index (χ2v) is 6.91. The Morgan fingerprint density at radius 1 is 0.969 bits per heavy atom. The van der Waals surface area contributed by atoms with E-state index in [4.69, 9.17) is 9.47 Å². The summed E-state index contributed by atoms with van der Waals surface area (Å²) in [6.45, 7) is 6.62. The van der Waals surface area contributed by atoms with Crippen LogP contribution in [0.2, 0.25) is 0 Å². The lowest BCUT2D eigenvalue weighted by Crippen LogP contribution is -2.39. The number of methoxy groups -OCH3 is 1. The van der Waals surface area contributed by atoms with E-state index in [1.165, 1.54) is 5.56 Å². The van der Waals surface area contributed by atoms with Crippen LogP contribution in [0.5, 0.6) is 11.5 Å². The van der Waals surface area contributed by atoms with Gasteiger partial charge in [0.25, 0.3) is 0 Å². The molecule has 8 heteroatoms. The molecule has 176 valence electrons. The van der Waals surface area contributed by atoms with Crippen LogP contribution in [0.3, 0.4) is 0 Å². The van der Waals surface area contributed by atoms with Crippen molar-refractivity contribution in [1.29, 1.82) is 0 Å². The minimum atomic E-state index is -0.109. The monoisotopic (exact) mass is 554 g/mol. The normalized spacial score (nSPS) is 10.7. The van der Waals surface area contributed by atoms with Crippen LogP contribution >= 0.6 is 24.0 Å². The van der Waals surface area contributed by atoms with E-state index >= 15 is 0 Å². The standard InChI is InChI=1S/C24H34N4O3.HI/c1-4-25-24(28-18-23(29)27-17-20-10-7-6-8-11-20)26-15-9-12-19-13-14-21(30-3)22(16-19)31-5-2;/h6-8,10-11,13-14,16H,4-5,9,12,15,17-18H2,1-3H3,(H,27,29)(H2,25,26,28);1H. The topological polar surface area (TPSA) is 84.0 Å². The van der Waals surface area contributed by atoms with E-state index in [1.54, 1.807) is 7.11 Å². The number of aliphatic imine (C=N–C) groups is 1. The molecular weight excluding hydrogens is 519 g/mol. The van der Waals surface area contributed by atoms with Crippen molar-refractivity contribution in [3.8, 4) is 11.5 Å². The number of amides is 1. The molecule has 0 aliphatic rings. The van der Waals surface area contributed by atoms with Crippen molar-refractivity contribution in [3.63, 3.8) is 0 Å². The molecule has 7 nitrogen and oxygen atoms in total. The first-order valence-corrected chi connectivity index (χ1v) is 10.8. The average Bonchev–Trinajstić information content (AvgIpc) is 2.80. The molecule has 0 aromatic heterocycles. The van der Waals surface area contributed by atoms with Crippen molar-refractivity contribution in [2.75, 3.05) is 33.4 Å². The van der Waals surface area contributed by atoms with Gasteiger partial charge in [-0.3, -0.25) is 4.79 Å². The molecule has 0 heterocycles. The minimum absolute atomic E-state index is 0. The van der Waals surface area contributed by atoms with Gasteiger partial charge in [-0.25, -0.2) is 4.99 Å². The van der Waals surface area contributed by atoms with E-state index in [-0.39, 0.29) is 36.4 Å². The molecular formula is C24H35IN4O3. The SMILES string of the molecule is CCNC(=NCC(=O)NCc1ccccc1)NCCCc1ccc(OC)c(OCC)c1.I. The molecule has 2 aromatic rings. The van der Waals surface area contributed by atoms with Gasteiger partial charge in [-0.1, -0.05) is 36.4 Å². The zero-order valence-corrected chi connectivity index (χ0v) is 21.5. The van der Waals surface area contributed by atoms with Gasteiger partial charge in [0.1, 0.15) is 6.54 Å². The second kappa shape index (κ2) is 16.2. The summed E-state index contributed by atoms with van der Waals surface area (Å²) in [7, 11) is 1.64. The summed E-state index contributed by atoms with van der Waals surface area (Å²) < 4.78 is 11.0. The predicted octanol–water partition coefficient (Wildman–Crippen LogP) is 3.52. The number of nitrogens with zero attached hydrogens (tertiary/aromatic N) is 1. The smallest absolute Gasteiger partial charge is 0.242 e. The maximum Gasteiger partial charge on any atom is 0.242 e. The second-order valence-electron chi connectivity index (χ2n) is 6.91. The first kappa shape index (κ1) is 27.5. The summed E-state index contributed by atoms with van der Waals surface area (Å²) in [4.78, 5) is 16.5. The summed E-state index contributed by atoms with van der Waals surface area (Å²) in [6, 6.07) is 15.8. The number of carbonyl (C=O) groups is 1. The molecule has 0 aliphatic carbocycles. The lowest BCUT2D eigenvalue weighted by Gasteiger charge is -2.13. The van der Waals surface area contributed by atoms with Gasteiger partial charge in [0.05, 0.1) is 13.7 Å². The van der Waals surface area contributed by atoms with E-state index in [1.807, 2.05) is 56.3 Å². The van der Waals surface area contributed by atoms with Crippen LogP contribution in [0.15, 0.2) is 53.5 Å². The number of nitrogens with one attached hydrogen (secondary N) is 3. The molecule has 0 atom stereocenters. The van der Waals surface area contributed by atoms with Gasteiger partial charge in [0.15, 0.2) is 17.5 Å². The Balaban J connectivity index is 0.00000512. The van der Waals surface area contributed by atoms with Crippen LogP contribution in [-0.4, -0.2) is 45.2 Å². The maximum atomic E-state index is 12.1. The molecule has 0 saturated heterocycles. The van der Waals surface area contributed by atoms with Gasteiger partial charge >= 0.3 is 0 Å². The highest BCUT2D eigenvalue weighted by Crippen LogP contribution is 2.28. The summed E-state index contributed by atoms with van der Waals surface area (Å²) in [6.07, 6.45) is 1.82. The Morgan fingerprint density at radius 2 is 1.75 bits per heavy atom. The molecule has 2 rings (SSSR count). The zero-order chi connectivity index (χ0) is 22.3. The van der Waals surface area contributed by atoms with Crippen LogP contribution in [-0.2, 0) is 17.8 Å². The van der Waals surface area contributed by atoms with Gasteiger partial charge in [0.2, 0.25) is 5.91 Å². The van der Waals surface area contributed by atoms with Gasteiger partial charge in [0, 0.05) is 19.6 Å². The molecule has 1 amide bonds. The molecule has 2 aromatic carbocycles. The van der Waals surface area contributed by atoms with Gasteiger partial charge in [-0.2, -0.15) is 0 Å². The van der Waals surface area contributed by atoms with Crippen LogP contribution in [0.25, 0.3) is 0 Å². The predicted molar refractivity (Wildman–Crippen MR) is 140 cm³/mol. The van der Waals surface area contributed by atoms with Gasteiger partial charge in [-0.05, 0) is 49.9 Å². The van der Waals surface area contributed by atoms with Crippen molar-refractivity contribution < 1.29 is 14.3 Å². The zero-order valence-electron chi connectivity index (χ0n) is 19.1. The summed E-state index contributed by atoms with van der Waals surface area (Å²) in [5, 5.41) is 9.35. The quantitative estimate of drug-likeness (QED) is 0.162. The first-order valence-electron chi connectivity index (χ1n) is 10.8. The van der Waals surface area contributed by atoms with Crippen LogP contribution in [0, 0.1) is 0 Å². The number of guanidine groups is 1. The fraction of sp³-hybridized carbons (Fsp3) is 0.417. The Morgan fingerprint density at radius 3 is 2.44 bits per heavy atom. The molecule has 3 N–H and O–H groups in total. The molecule has 0 aliphatic heterocycles. The van der Waals surface area contributed by atoms with Crippen molar-refractivity contribution in [2.24, 2.45) is 4.99 Å². The lowest BCUT2D eigenvalue weighted by atomic mass is 10.1. The molecule has 0 saturated carbocycles. The molecule has 0 spiro atoms. The highest BCUT2D eigenvalue weighted by molar-refractivity contribution is 14.0. The number of hydrogen-bond donors (Lipinski definition) is 3. The van der Waals surface area contributed by atoms with E-state index in [9.17, 15) is 4.79 Å². The molecule has 32 heavy (non-hydrogen) atoms. The largest absolute Gasteiger partial charge is 0.493 e. The Kier molecular flexibility index (Phi) is 13.9. The Bertz CT molecular complexity index is 831. The molecule has 0 radical (unpaired) electrons. The van der Waals surface area contributed by atoms with Crippen molar-refractivity contribution >= 4 is 35.8 Å². The third-order valence-electron chi connectivity index (χ3n) is 4.52. The van der Waals surface area contributed by atoms with Crippen molar-refractivity contribution in [3.05, 3.63) is 59.7 Å². The number of ether oxygens (including phenoxy) is 2. The average molecular weight is 554 g/mol. The number of halogens is 1. The highest BCUT2D eigenvalue weighted by atomic mass is 127. The third-order valence-corrected chi connectivity index (χ3v) is 4.52. The van der Waals surface area contributed by atoms with E-state index in [0.29, 0.717) is 19.1 Å². The van der Waals surface area contributed by atoms with E-state index < -0.39 is 0 Å². The third kappa shape index (κ3) is 10.2. The van der Waals surface area contributed by atoms with Crippen LogP contribution < -0.4 is 25.4 Å². The van der Waals surface area contributed by atoms with Gasteiger partial charge in [-0.15, -0.1) is 24.0 Å². The van der Waals surface area contributed by atoms with E-state index in [0.717, 1.165) is 43.0 Å². The fourth-order valence-corrected chi connectivity index (χ4v) is 2.99. The number of aryl methyl sites for hydroxylation is 1. The van der Waals surface area contributed by atoms with Gasteiger partial charge < -0.3 is 25.4 Å². The van der Waals surface area contributed by atoms with E-state index in [2.05, 4.69) is 27.0 Å². The fourth-order valence-electron chi connectivity index (χ4n) is 2.99. The first-order chi connectivity index (χ1) is 15.2. The summed E-state index contributed by atoms with van der Waals surface area (Å²) in [5.74, 6) is 2.05. The lowest BCUT2D eigenvalue weighted by molar-refractivity contribution is -0.119. The van der Waals surface area contributed by atoms with Crippen LogP contribution in [0.1, 0.15) is 31.4 Å².